The molecule has 7 nitrogen and oxygen atoms in total. The summed E-state index contributed by atoms with van der Waals surface area (Å²) in [5.41, 5.74) is 1.56. The van der Waals surface area contributed by atoms with Gasteiger partial charge in [-0.3, -0.25) is 4.79 Å². The van der Waals surface area contributed by atoms with Gasteiger partial charge in [0.05, 0.1) is 37.1 Å². The summed E-state index contributed by atoms with van der Waals surface area (Å²) in [6.07, 6.45) is 0.105. The predicted octanol–water partition coefficient (Wildman–Crippen LogP) is 3.50. The maximum absolute atomic E-state index is 13.6. The van der Waals surface area contributed by atoms with Crippen LogP contribution in [0.3, 0.4) is 0 Å². The van der Waals surface area contributed by atoms with Crippen molar-refractivity contribution in [2.24, 2.45) is 0 Å². The minimum atomic E-state index is -2.15. The summed E-state index contributed by atoms with van der Waals surface area (Å²) in [7, 11) is -2.15. The minimum absolute atomic E-state index is 0.00219. The van der Waals surface area contributed by atoms with E-state index in [9.17, 15) is 19.8 Å². The second kappa shape index (κ2) is 7.02. The Labute approximate surface area is 199 Å². The zero-order valence-electron chi connectivity index (χ0n) is 20.4. The molecule has 0 bridgehead atoms. The zero-order chi connectivity index (χ0) is 24.8. The van der Waals surface area contributed by atoms with Gasteiger partial charge < -0.3 is 19.5 Å². The first-order valence-electron chi connectivity index (χ1n) is 11.6. The number of carbonyl (C=O) groups is 1. The number of benzene rings is 1. The number of ether oxygens (including phenoxy) is 1. The molecular formula is C26H30N2O5Si. The minimum Gasteiger partial charge on any atom is -0.508 e. The molecule has 1 unspecified atom stereocenters. The SMILES string of the molecule is CCC1(O)C(=O)OCc2c1cc1n(c2=O)Cc2c-1nc1ccc(O)cc1c2[Si](C)(C)C(C)(C)C. The Morgan fingerprint density at radius 1 is 1.18 bits per heavy atom. The summed E-state index contributed by atoms with van der Waals surface area (Å²) in [6.45, 7) is 13.2. The van der Waals surface area contributed by atoms with Gasteiger partial charge in [0.1, 0.15) is 12.4 Å². The lowest BCUT2D eigenvalue weighted by Gasteiger charge is -2.39. The molecule has 8 heteroatoms. The Kier molecular flexibility index (Phi) is 4.71. The van der Waals surface area contributed by atoms with E-state index in [1.807, 2.05) is 0 Å². The highest BCUT2D eigenvalue weighted by Crippen LogP contribution is 2.42. The van der Waals surface area contributed by atoms with E-state index >= 15 is 0 Å². The van der Waals surface area contributed by atoms with Crippen LogP contribution < -0.4 is 10.7 Å². The molecule has 0 spiro atoms. The molecule has 0 fully saturated rings. The summed E-state index contributed by atoms with van der Waals surface area (Å²) in [6, 6.07) is 6.96. The normalized spacial score (nSPS) is 19.6. The molecule has 0 amide bonds. The van der Waals surface area contributed by atoms with Crippen LogP contribution in [0.1, 0.15) is 50.8 Å². The summed E-state index contributed by atoms with van der Waals surface area (Å²) in [4.78, 5) is 31.0. The Balaban J connectivity index is 1.88. The van der Waals surface area contributed by atoms with Crippen LogP contribution in [0.25, 0.3) is 22.3 Å². The molecular weight excluding hydrogens is 448 g/mol. The van der Waals surface area contributed by atoms with E-state index in [0.717, 1.165) is 16.5 Å². The summed E-state index contributed by atoms with van der Waals surface area (Å²) < 4.78 is 6.87. The first kappa shape index (κ1) is 22.8. The van der Waals surface area contributed by atoms with Gasteiger partial charge in [0, 0.05) is 10.9 Å². The number of hydrogen-bond acceptors (Lipinski definition) is 6. The van der Waals surface area contributed by atoms with Crippen molar-refractivity contribution < 1.29 is 19.7 Å². The van der Waals surface area contributed by atoms with Crippen LogP contribution in [0.5, 0.6) is 5.75 Å². The number of aliphatic hydroxyl groups is 1. The van der Waals surface area contributed by atoms with E-state index in [1.54, 1.807) is 35.8 Å². The molecule has 0 saturated carbocycles. The maximum atomic E-state index is 13.6. The molecule has 5 rings (SSSR count). The number of phenols is 1. The highest BCUT2D eigenvalue weighted by molar-refractivity contribution is 6.94. The van der Waals surface area contributed by atoms with Crippen LogP contribution >= 0.6 is 0 Å². The second-order valence-corrected chi connectivity index (χ2v) is 16.2. The number of aromatic nitrogens is 2. The first-order chi connectivity index (χ1) is 15.8. The third-order valence-corrected chi connectivity index (χ3v) is 13.7. The number of rotatable bonds is 2. The standard InChI is InChI=1S/C26H30N2O5Si/c1-7-26(32)18-11-20-21-16(12-28(20)23(30)17(18)13-33-24(26)31)22(34(5,6)25(2,3)4)15-10-14(29)8-9-19(15)27-21/h8-11,29,32H,7,12-13H2,1-6H3. The topological polar surface area (TPSA) is 102 Å². The van der Waals surface area contributed by atoms with Crippen molar-refractivity contribution in [3.63, 3.8) is 0 Å². The van der Waals surface area contributed by atoms with Gasteiger partial charge in [0.2, 0.25) is 0 Å². The van der Waals surface area contributed by atoms with E-state index in [2.05, 4.69) is 33.9 Å². The lowest BCUT2D eigenvalue weighted by atomic mass is 9.86. The van der Waals surface area contributed by atoms with Gasteiger partial charge in [-0.1, -0.05) is 40.8 Å². The average molecular weight is 479 g/mol. The summed E-state index contributed by atoms with van der Waals surface area (Å²) in [5.74, 6) is -0.546. The molecule has 0 saturated heterocycles. The number of hydrogen-bond donors (Lipinski definition) is 2. The molecule has 2 N–H and O–H groups in total. The van der Waals surface area contributed by atoms with Gasteiger partial charge in [-0.05, 0) is 46.5 Å². The molecule has 3 aromatic rings. The number of nitrogens with zero attached hydrogens (tertiary/aromatic N) is 2. The quantitative estimate of drug-likeness (QED) is 0.338. The van der Waals surface area contributed by atoms with Crippen LogP contribution in [0, 0.1) is 0 Å². The Morgan fingerprint density at radius 3 is 2.53 bits per heavy atom. The zero-order valence-corrected chi connectivity index (χ0v) is 21.4. The van der Waals surface area contributed by atoms with E-state index in [4.69, 9.17) is 9.72 Å². The Bertz CT molecular complexity index is 1450. The van der Waals surface area contributed by atoms with Crippen molar-refractivity contribution in [3.8, 4) is 17.1 Å². The molecule has 1 atom stereocenters. The van der Waals surface area contributed by atoms with Crippen molar-refractivity contribution in [2.75, 3.05) is 0 Å². The number of esters is 1. The van der Waals surface area contributed by atoms with E-state index < -0.39 is 19.6 Å². The van der Waals surface area contributed by atoms with Gasteiger partial charge in [0.15, 0.2) is 5.60 Å². The van der Waals surface area contributed by atoms with Gasteiger partial charge in [-0.2, -0.15) is 0 Å². The number of aromatic hydroxyl groups is 1. The maximum Gasteiger partial charge on any atom is 0.343 e. The van der Waals surface area contributed by atoms with E-state index in [0.29, 0.717) is 29.1 Å². The highest BCUT2D eigenvalue weighted by atomic mass is 28.3. The third-order valence-electron chi connectivity index (χ3n) is 8.17. The molecule has 178 valence electrons. The van der Waals surface area contributed by atoms with Crippen molar-refractivity contribution in [1.82, 2.24) is 9.55 Å². The molecule has 2 aliphatic rings. The van der Waals surface area contributed by atoms with Gasteiger partial charge >= 0.3 is 5.97 Å². The molecule has 4 heterocycles. The van der Waals surface area contributed by atoms with Crippen LogP contribution in [0.4, 0.5) is 0 Å². The van der Waals surface area contributed by atoms with Crippen LogP contribution in [-0.4, -0.2) is 33.8 Å². The monoisotopic (exact) mass is 478 g/mol. The average Bonchev–Trinajstić information content (AvgIpc) is 3.12. The molecule has 2 aliphatic heterocycles. The highest BCUT2D eigenvalue weighted by Gasteiger charge is 2.46. The second-order valence-electron chi connectivity index (χ2n) is 11.0. The summed E-state index contributed by atoms with van der Waals surface area (Å²) >= 11 is 0. The fourth-order valence-electron chi connectivity index (χ4n) is 5.16. The number of carbonyl (C=O) groups excluding carboxylic acids is 1. The molecule has 1 aromatic carbocycles. The summed E-state index contributed by atoms with van der Waals surface area (Å²) in [5, 5.41) is 23.5. The van der Waals surface area contributed by atoms with Crippen molar-refractivity contribution in [2.45, 2.75) is 71.0 Å². The molecule has 0 aliphatic carbocycles. The fourth-order valence-corrected chi connectivity index (χ4v) is 7.73. The Morgan fingerprint density at radius 2 is 1.88 bits per heavy atom. The Hall–Kier alpha value is -2.97. The molecule has 0 radical (unpaired) electrons. The van der Waals surface area contributed by atoms with E-state index in [1.165, 1.54) is 5.19 Å². The van der Waals surface area contributed by atoms with Gasteiger partial charge in [-0.15, -0.1) is 0 Å². The van der Waals surface area contributed by atoms with E-state index in [-0.39, 0.29) is 29.4 Å². The predicted molar refractivity (Wildman–Crippen MR) is 133 cm³/mol. The van der Waals surface area contributed by atoms with Crippen molar-refractivity contribution >= 4 is 30.1 Å². The smallest absolute Gasteiger partial charge is 0.343 e. The van der Waals surface area contributed by atoms with Gasteiger partial charge in [-0.25, -0.2) is 9.78 Å². The third kappa shape index (κ3) is 2.88. The largest absolute Gasteiger partial charge is 0.508 e. The van der Waals surface area contributed by atoms with Crippen molar-refractivity contribution in [3.05, 3.63) is 51.3 Å². The number of cyclic esters (lactones) is 1. The lowest BCUT2D eigenvalue weighted by Crippen LogP contribution is -2.51. The van der Waals surface area contributed by atoms with Gasteiger partial charge in [0.25, 0.3) is 5.56 Å². The van der Waals surface area contributed by atoms with Crippen LogP contribution in [-0.2, 0) is 28.3 Å². The molecule has 2 aromatic heterocycles. The fraction of sp³-hybridized carbons (Fsp3) is 0.423. The van der Waals surface area contributed by atoms with Crippen molar-refractivity contribution in [1.29, 1.82) is 0 Å². The number of phenolic OH excluding ortho intramolecular Hbond substituents is 1. The molecule has 34 heavy (non-hydrogen) atoms. The lowest BCUT2D eigenvalue weighted by molar-refractivity contribution is -0.172. The number of fused-ring (bicyclic) bond motifs is 5. The van der Waals surface area contributed by atoms with Crippen LogP contribution in [0.2, 0.25) is 18.1 Å². The number of pyridine rings is 2. The van der Waals surface area contributed by atoms with Crippen LogP contribution in [0.15, 0.2) is 29.1 Å². The first-order valence-corrected chi connectivity index (χ1v) is 14.6.